The third-order valence-corrected chi connectivity index (χ3v) is 3.68. The highest BCUT2D eigenvalue weighted by molar-refractivity contribution is 5.70. The number of aldehydes is 1. The fraction of sp³-hybridized carbons (Fsp3) is 0.833. The van der Waals surface area contributed by atoms with Crippen LogP contribution < -0.4 is 0 Å². The second-order valence-electron chi connectivity index (χ2n) is 4.69. The molecule has 2 fully saturated rings. The molecule has 96 valence electrons. The SMILES string of the molecule is COC(=O)C[C@@H]1CC2(CC[C@H]1C=O)OCCO2. The van der Waals surface area contributed by atoms with Crippen LogP contribution in [-0.4, -0.2) is 38.4 Å². The zero-order valence-corrected chi connectivity index (χ0v) is 10.0. The van der Waals surface area contributed by atoms with E-state index < -0.39 is 5.79 Å². The average Bonchev–Trinajstić information content (AvgIpc) is 2.78. The van der Waals surface area contributed by atoms with Crippen LogP contribution in [0.4, 0.5) is 0 Å². The number of methoxy groups -OCH3 is 1. The Bertz CT molecular complexity index is 295. The fourth-order valence-electron chi connectivity index (χ4n) is 2.73. The van der Waals surface area contributed by atoms with Crippen molar-refractivity contribution in [3.8, 4) is 0 Å². The summed E-state index contributed by atoms with van der Waals surface area (Å²) in [4.78, 5) is 22.3. The van der Waals surface area contributed by atoms with Crippen LogP contribution in [0.5, 0.6) is 0 Å². The van der Waals surface area contributed by atoms with Crippen molar-refractivity contribution in [1.82, 2.24) is 0 Å². The van der Waals surface area contributed by atoms with E-state index in [1.165, 1.54) is 7.11 Å². The fourth-order valence-corrected chi connectivity index (χ4v) is 2.73. The molecule has 1 heterocycles. The third-order valence-electron chi connectivity index (χ3n) is 3.68. The lowest BCUT2D eigenvalue weighted by molar-refractivity contribution is -0.195. The zero-order valence-electron chi connectivity index (χ0n) is 10.0. The maximum Gasteiger partial charge on any atom is 0.305 e. The van der Waals surface area contributed by atoms with Crippen molar-refractivity contribution < 1.29 is 23.8 Å². The number of rotatable bonds is 3. The van der Waals surface area contributed by atoms with Gasteiger partial charge in [0.2, 0.25) is 0 Å². The van der Waals surface area contributed by atoms with Crippen LogP contribution in [0.3, 0.4) is 0 Å². The smallest absolute Gasteiger partial charge is 0.305 e. The van der Waals surface area contributed by atoms with E-state index in [0.29, 0.717) is 26.1 Å². The summed E-state index contributed by atoms with van der Waals surface area (Å²) in [5.74, 6) is -0.964. The van der Waals surface area contributed by atoms with Crippen LogP contribution in [0.1, 0.15) is 25.7 Å². The second-order valence-corrected chi connectivity index (χ2v) is 4.69. The van der Waals surface area contributed by atoms with Gasteiger partial charge >= 0.3 is 5.97 Å². The largest absolute Gasteiger partial charge is 0.469 e. The van der Waals surface area contributed by atoms with E-state index in [9.17, 15) is 9.59 Å². The van der Waals surface area contributed by atoms with E-state index in [-0.39, 0.29) is 24.2 Å². The molecule has 1 spiro atoms. The Balaban J connectivity index is 2.02. The molecule has 5 heteroatoms. The molecule has 0 amide bonds. The van der Waals surface area contributed by atoms with Crippen molar-refractivity contribution in [2.45, 2.75) is 31.5 Å². The number of carbonyl (C=O) groups excluding carboxylic acids is 2. The van der Waals surface area contributed by atoms with Crippen LogP contribution in [0.2, 0.25) is 0 Å². The molecule has 2 atom stereocenters. The minimum Gasteiger partial charge on any atom is -0.469 e. The maximum absolute atomic E-state index is 11.3. The van der Waals surface area contributed by atoms with Gasteiger partial charge in [0.25, 0.3) is 0 Å². The second kappa shape index (κ2) is 5.14. The number of esters is 1. The lowest BCUT2D eigenvalue weighted by Gasteiger charge is -2.38. The minimum absolute atomic E-state index is 0.0354. The minimum atomic E-state index is -0.557. The molecule has 0 aromatic carbocycles. The van der Waals surface area contributed by atoms with Crippen molar-refractivity contribution in [2.24, 2.45) is 11.8 Å². The first-order valence-electron chi connectivity index (χ1n) is 5.99. The molecule has 0 aromatic rings. The summed E-state index contributed by atoms with van der Waals surface area (Å²) in [7, 11) is 1.36. The molecule has 0 unspecified atom stereocenters. The zero-order chi connectivity index (χ0) is 12.3. The Labute approximate surface area is 100 Å². The van der Waals surface area contributed by atoms with Gasteiger partial charge in [-0.1, -0.05) is 0 Å². The molecule has 5 nitrogen and oxygen atoms in total. The molecule has 1 aliphatic carbocycles. The highest BCUT2D eigenvalue weighted by Gasteiger charge is 2.45. The summed E-state index contributed by atoms with van der Waals surface area (Å²) in [5.41, 5.74) is 0. The van der Waals surface area contributed by atoms with E-state index in [1.807, 2.05) is 0 Å². The Kier molecular flexibility index (Phi) is 3.79. The molecular weight excluding hydrogens is 224 g/mol. The molecule has 0 radical (unpaired) electrons. The molecule has 0 aromatic heterocycles. The maximum atomic E-state index is 11.3. The Hall–Kier alpha value is -0.940. The lowest BCUT2D eigenvalue weighted by atomic mass is 9.75. The summed E-state index contributed by atoms with van der Waals surface area (Å²) in [6, 6.07) is 0. The van der Waals surface area contributed by atoms with Crippen molar-refractivity contribution in [2.75, 3.05) is 20.3 Å². The van der Waals surface area contributed by atoms with Crippen LogP contribution in [0.15, 0.2) is 0 Å². The van der Waals surface area contributed by atoms with Gasteiger partial charge in [0.1, 0.15) is 6.29 Å². The van der Waals surface area contributed by atoms with Gasteiger partial charge in [0, 0.05) is 25.2 Å². The molecule has 1 saturated heterocycles. The summed E-state index contributed by atoms with van der Waals surface area (Å²) in [5, 5.41) is 0. The van der Waals surface area contributed by atoms with Crippen LogP contribution >= 0.6 is 0 Å². The van der Waals surface area contributed by atoms with E-state index >= 15 is 0 Å². The predicted molar refractivity (Wildman–Crippen MR) is 58.2 cm³/mol. The first-order chi connectivity index (χ1) is 8.19. The van der Waals surface area contributed by atoms with Gasteiger partial charge in [0.05, 0.1) is 20.3 Å². The molecule has 0 N–H and O–H groups in total. The topological polar surface area (TPSA) is 61.8 Å². The third kappa shape index (κ3) is 2.66. The number of ether oxygens (including phenoxy) is 3. The van der Waals surface area contributed by atoms with Crippen molar-refractivity contribution in [3.63, 3.8) is 0 Å². The van der Waals surface area contributed by atoms with Gasteiger partial charge in [-0.05, 0) is 12.3 Å². The molecule has 1 saturated carbocycles. The molecule has 1 aliphatic heterocycles. The van der Waals surface area contributed by atoms with Crippen molar-refractivity contribution in [3.05, 3.63) is 0 Å². The first-order valence-corrected chi connectivity index (χ1v) is 5.99. The lowest BCUT2D eigenvalue weighted by Crippen LogP contribution is -2.41. The quantitative estimate of drug-likeness (QED) is 0.543. The monoisotopic (exact) mass is 242 g/mol. The van der Waals surface area contributed by atoms with E-state index in [2.05, 4.69) is 4.74 Å². The highest BCUT2D eigenvalue weighted by atomic mass is 16.7. The first kappa shape index (κ1) is 12.5. The van der Waals surface area contributed by atoms with Crippen molar-refractivity contribution >= 4 is 12.3 Å². The van der Waals surface area contributed by atoms with Gasteiger partial charge in [-0.25, -0.2) is 0 Å². The average molecular weight is 242 g/mol. The number of carbonyl (C=O) groups is 2. The van der Waals surface area contributed by atoms with Crippen molar-refractivity contribution in [1.29, 1.82) is 0 Å². The summed E-state index contributed by atoms with van der Waals surface area (Å²) in [6.45, 7) is 1.19. The van der Waals surface area contributed by atoms with Crippen LogP contribution in [0, 0.1) is 11.8 Å². The molecular formula is C12H18O5. The number of hydrogen-bond donors (Lipinski definition) is 0. The summed E-state index contributed by atoms with van der Waals surface area (Å²) >= 11 is 0. The van der Waals surface area contributed by atoms with E-state index in [0.717, 1.165) is 12.7 Å². The Morgan fingerprint density at radius 3 is 2.76 bits per heavy atom. The Morgan fingerprint density at radius 2 is 2.18 bits per heavy atom. The van der Waals surface area contributed by atoms with Gasteiger partial charge in [-0.3, -0.25) is 4.79 Å². The van der Waals surface area contributed by atoms with Gasteiger partial charge in [0.15, 0.2) is 5.79 Å². The van der Waals surface area contributed by atoms with E-state index in [4.69, 9.17) is 9.47 Å². The molecule has 0 bridgehead atoms. The summed E-state index contributed by atoms with van der Waals surface area (Å²) in [6.07, 6.45) is 3.24. The van der Waals surface area contributed by atoms with Gasteiger partial charge in [-0.2, -0.15) is 0 Å². The Morgan fingerprint density at radius 1 is 1.47 bits per heavy atom. The highest BCUT2D eigenvalue weighted by Crippen LogP contribution is 2.42. The van der Waals surface area contributed by atoms with Crippen LogP contribution in [0.25, 0.3) is 0 Å². The van der Waals surface area contributed by atoms with Gasteiger partial charge in [-0.15, -0.1) is 0 Å². The van der Waals surface area contributed by atoms with Crippen LogP contribution in [-0.2, 0) is 23.8 Å². The normalized spacial score (nSPS) is 31.4. The predicted octanol–water partition coefficient (Wildman–Crippen LogP) is 0.908. The van der Waals surface area contributed by atoms with Gasteiger partial charge < -0.3 is 19.0 Å². The molecule has 2 rings (SSSR count). The van der Waals surface area contributed by atoms with E-state index in [1.54, 1.807) is 0 Å². The molecule has 17 heavy (non-hydrogen) atoms. The number of hydrogen-bond acceptors (Lipinski definition) is 5. The molecule has 2 aliphatic rings. The summed E-state index contributed by atoms with van der Waals surface area (Å²) < 4.78 is 15.9. The standard InChI is InChI=1S/C12H18O5/c1-15-11(14)6-10-7-12(16-4-5-17-12)3-2-9(10)8-13/h8-10H,2-7H2,1H3/t9-,10+/m0/s1.